The Balaban J connectivity index is 1.52. The maximum Gasteiger partial charge on any atom is 0.137 e. The van der Waals surface area contributed by atoms with E-state index in [2.05, 4.69) is 33.5 Å². The molecule has 1 unspecified atom stereocenters. The molecule has 0 amide bonds. The summed E-state index contributed by atoms with van der Waals surface area (Å²) in [6, 6.07) is 6.70. The number of hydrogen-bond acceptors (Lipinski definition) is 4. The summed E-state index contributed by atoms with van der Waals surface area (Å²) in [5.74, 6) is 0.871. The van der Waals surface area contributed by atoms with Crippen molar-refractivity contribution in [1.82, 2.24) is 15.3 Å². The number of hydrogen-bond donors (Lipinski definition) is 1. The number of aromatic nitrogens is 2. The fourth-order valence-electron chi connectivity index (χ4n) is 2.61. The Kier molecular flexibility index (Phi) is 4.79. The second-order valence-electron chi connectivity index (χ2n) is 5.49. The summed E-state index contributed by atoms with van der Waals surface area (Å²) in [5, 5.41) is 3.44. The third-order valence-electron chi connectivity index (χ3n) is 3.84. The molecule has 0 spiro atoms. The number of ether oxygens (including phenoxy) is 1. The molecule has 1 saturated heterocycles. The molecule has 1 N–H and O–H groups in total. The zero-order chi connectivity index (χ0) is 14.3. The predicted octanol–water partition coefficient (Wildman–Crippen LogP) is 2.39. The smallest absolute Gasteiger partial charge is 0.137 e. The van der Waals surface area contributed by atoms with E-state index in [1.165, 1.54) is 24.0 Å². The van der Waals surface area contributed by atoms with E-state index in [0.717, 1.165) is 31.7 Å². The van der Waals surface area contributed by atoms with Gasteiger partial charge in [0.1, 0.15) is 12.4 Å². The van der Waals surface area contributed by atoms with Gasteiger partial charge in [-0.15, -0.1) is 0 Å². The first kappa shape index (κ1) is 14.0. The van der Waals surface area contributed by atoms with Crippen molar-refractivity contribution in [3.05, 3.63) is 54.1 Å². The van der Waals surface area contributed by atoms with Crippen LogP contribution in [0.1, 0.15) is 24.0 Å². The molecule has 2 aromatic heterocycles. The fraction of sp³-hybridized carbons (Fsp3) is 0.412. The van der Waals surface area contributed by atoms with Gasteiger partial charge in [0.05, 0.1) is 6.20 Å². The summed E-state index contributed by atoms with van der Waals surface area (Å²) < 4.78 is 5.85. The molecule has 1 atom stereocenters. The van der Waals surface area contributed by atoms with Gasteiger partial charge in [0.25, 0.3) is 0 Å². The van der Waals surface area contributed by atoms with Crippen LogP contribution in [-0.2, 0) is 12.8 Å². The van der Waals surface area contributed by atoms with Gasteiger partial charge in [-0.3, -0.25) is 9.97 Å². The van der Waals surface area contributed by atoms with E-state index in [1.807, 2.05) is 18.6 Å². The van der Waals surface area contributed by atoms with Crippen LogP contribution in [-0.4, -0.2) is 29.2 Å². The lowest BCUT2D eigenvalue weighted by Gasteiger charge is -2.12. The summed E-state index contributed by atoms with van der Waals surface area (Å²) in [6.07, 6.45) is 11.8. The van der Waals surface area contributed by atoms with E-state index in [-0.39, 0.29) is 0 Å². The highest BCUT2D eigenvalue weighted by Crippen LogP contribution is 2.15. The van der Waals surface area contributed by atoms with Crippen LogP contribution in [0.5, 0.6) is 5.75 Å². The van der Waals surface area contributed by atoms with Crippen LogP contribution in [0.15, 0.2) is 43.0 Å². The molecule has 2 aromatic rings. The van der Waals surface area contributed by atoms with E-state index < -0.39 is 0 Å². The molecule has 0 radical (unpaired) electrons. The summed E-state index contributed by atoms with van der Waals surface area (Å²) in [6.45, 7) is 1.84. The van der Waals surface area contributed by atoms with E-state index >= 15 is 0 Å². The molecular weight excluding hydrogens is 262 g/mol. The topological polar surface area (TPSA) is 47.0 Å². The van der Waals surface area contributed by atoms with Crippen molar-refractivity contribution in [3.63, 3.8) is 0 Å². The van der Waals surface area contributed by atoms with Crippen LogP contribution in [0.4, 0.5) is 0 Å². The van der Waals surface area contributed by atoms with Crippen LogP contribution in [0.2, 0.25) is 0 Å². The van der Waals surface area contributed by atoms with Gasteiger partial charge in [-0.05, 0) is 61.6 Å². The van der Waals surface area contributed by atoms with Crippen LogP contribution in [0.25, 0.3) is 0 Å². The SMILES string of the molecule is c1cc(CCc2cncc(OCC3CCCN3)c2)ccn1. The highest BCUT2D eigenvalue weighted by atomic mass is 16.5. The van der Waals surface area contributed by atoms with Crippen molar-refractivity contribution in [2.75, 3.05) is 13.2 Å². The lowest BCUT2D eigenvalue weighted by molar-refractivity contribution is 0.276. The standard InChI is InChI=1S/C17H21N3O/c1-2-16(20-7-1)13-21-17-10-15(11-19-12-17)4-3-14-5-8-18-9-6-14/h5-6,8-12,16,20H,1-4,7,13H2. The van der Waals surface area contributed by atoms with Gasteiger partial charge in [-0.2, -0.15) is 0 Å². The molecule has 0 saturated carbocycles. The first-order chi connectivity index (χ1) is 10.4. The lowest BCUT2D eigenvalue weighted by Crippen LogP contribution is -2.28. The summed E-state index contributed by atoms with van der Waals surface area (Å²) in [4.78, 5) is 8.32. The second kappa shape index (κ2) is 7.18. The number of nitrogens with zero attached hydrogens (tertiary/aromatic N) is 2. The molecule has 0 aliphatic carbocycles. The van der Waals surface area contributed by atoms with Crippen molar-refractivity contribution in [2.45, 2.75) is 31.7 Å². The van der Waals surface area contributed by atoms with Gasteiger partial charge in [0.2, 0.25) is 0 Å². The first-order valence-corrected chi connectivity index (χ1v) is 7.59. The predicted molar refractivity (Wildman–Crippen MR) is 82.4 cm³/mol. The number of rotatable bonds is 6. The number of nitrogens with one attached hydrogen (secondary N) is 1. The Morgan fingerprint density at radius 3 is 2.76 bits per heavy atom. The minimum Gasteiger partial charge on any atom is -0.490 e. The zero-order valence-electron chi connectivity index (χ0n) is 12.2. The van der Waals surface area contributed by atoms with Crippen molar-refractivity contribution >= 4 is 0 Å². The molecule has 0 bridgehead atoms. The lowest BCUT2D eigenvalue weighted by atomic mass is 10.1. The molecule has 110 valence electrons. The van der Waals surface area contributed by atoms with Gasteiger partial charge in [-0.1, -0.05) is 0 Å². The molecular formula is C17H21N3O. The summed E-state index contributed by atoms with van der Waals surface area (Å²) in [7, 11) is 0. The molecule has 0 aromatic carbocycles. The number of pyridine rings is 2. The van der Waals surface area contributed by atoms with E-state index in [9.17, 15) is 0 Å². The van der Waals surface area contributed by atoms with Crippen molar-refractivity contribution in [1.29, 1.82) is 0 Å². The van der Waals surface area contributed by atoms with Crippen molar-refractivity contribution in [3.8, 4) is 5.75 Å². The molecule has 3 heterocycles. The molecule has 3 rings (SSSR count). The third-order valence-corrected chi connectivity index (χ3v) is 3.84. The van der Waals surface area contributed by atoms with E-state index in [1.54, 1.807) is 6.20 Å². The Bertz CT molecular complexity index is 553. The number of aryl methyl sites for hydroxylation is 2. The van der Waals surface area contributed by atoms with Crippen LogP contribution >= 0.6 is 0 Å². The van der Waals surface area contributed by atoms with Crippen molar-refractivity contribution in [2.24, 2.45) is 0 Å². The molecule has 1 aliphatic rings. The molecule has 1 fully saturated rings. The van der Waals surface area contributed by atoms with Gasteiger partial charge >= 0.3 is 0 Å². The molecule has 21 heavy (non-hydrogen) atoms. The second-order valence-corrected chi connectivity index (χ2v) is 5.49. The highest BCUT2D eigenvalue weighted by molar-refractivity contribution is 5.25. The minimum atomic E-state index is 0.491. The van der Waals surface area contributed by atoms with Crippen LogP contribution in [0.3, 0.4) is 0 Å². The molecule has 4 heteroatoms. The Morgan fingerprint density at radius 1 is 1.10 bits per heavy atom. The zero-order valence-corrected chi connectivity index (χ0v) is 12.2. The normalized spacial score (nSPS) is 17.8. The Labute approximate surface area is 125 Å². The molecule has 1 aliphatic heterocycles. The average molecular weight is 283 g/mol. The Morgan fingerprint density at radius 2 is 1.95 bits per heavy atom. The maximum absolute atomic E-state index is 5.85. The van der Waals surface area contributed by atoms with Crippen molar-refractivity contribution < 1.29 is 4.74 Å². The fourth-order valence-corrected chi connectivity index (χ4v) is 2.61. The highest BCUT2D eigenvalue weighted by Gasteiger charge is 2.14. The van der Waals surface area contributed by atoms with Gasteiger partial charge in [0, 0.05) is 24.6 Å². The Hall–Kier alpha value is -1.94. The largest absolute Gasteiger partial charge is 0.490 e. The van der Waals surface area contributed by atoms with E-state index in [0.29, 0.717) is 6.04 Å². The van der Waals surface area contributed by atoms with Crippen LogP contribution in [0, 0.1) is 0 Å². The first-order valence-electron chi connectivity index (χ1n) is 7.59. The maximum atomic E-state index is 5.85. The van der Waals surface area contributed by atoms with Gasteiger partial charge in [0.15, 0.2) is 0 Å². The minimum absolute atomic E-state index is 0.491. The van der Waals surface area contributed by atoms with Crippen LogP contribution < -0.4 is 10.1 Å². The van der Waals surface area contributed by atoms with E-state index in [4.69, 9.17) is 4.74 Å². The average Bonchev–Trinajstić information content (AvgIpc) is 3.06. The summed E-state index contributed by atoms with van der Waals surface area (Å²) in [5.41, 5.74) is 2.51. The van der Waals surface area contributed by atoms with Gasteiger partial charge in [-0.25, -0.2) is 0 Å². The molecule has 4 nitrogen and oxygen atoms in total. The van der Waals surface area contributed by atoms with Gasteiger partial charge < -0.3 is 10.1 Å². The monoisotopic (exact) mass is 283 g/mol. The third kappa shape index (κ3) is 4.26. The quantitative estimate of drug-likeness (QED) is 0.884. The summed E-state index contributed by atoms with van der Waals surface area (Å²) >= 11 is 0.